The molecule has 0 bridgehead atoms. The van der Waals surface area contributed by atoms with Gasteiger partial charge in [-0.15, -0.1) is 0 Å². The lowest BCUT2D eigenvalue weighted by Gasteiger charge is -2.15. The zero-order valence-electron chi connectivity index (χ0n) is 12.3. The van der Waals surface area contributed by atoms with E-state index in [4.69, 9.17) is 0 Å². The van der Waals surface area contributed by atoms with Crippen molar-refractivity contribution in [3.63, 3.8) is 0 Å². The van der Waals surface area contributed by atoms with E-state index in [0.717, 1.165) is 10.7 Å². The van der Waals surface area contributed by atoms with E-state index in [1.807, 2.05) is 19.9 Å². The van der Waals surface area contributed by atoms with Crippen molar-refractivity contribution in [2.45, 2.75) is 43.5 Å². The summed E-state index contributed by atoms with van der Waals surface area (Å²) in [5, 5.41) is 3.22. The minimum atomic E-state index is -2.98. The fraction of sp³-hybridized carbons (Fsp3) is 0.615. The Bertz CT molecular complexity index is 626. The molecule has 0 aliphatic carbocycles. The lowest BCUT2D eigenvalue weighted by atomic mass is 10.2. The summed E-state index contributed by atoms with van der Waals surface area (Å²) in [7, 11) is -2.98. The van der Waals surface area contributed by atoms with Crippen LogP contribution in [0.3, 0.4) is 0 Å². The highest BCUT2D eigenvalue weighted by molar-refractivity contribution is 8.00. The van der Waals surface area contributed by atoms with E-state index < -0.39 is 9.84 Å². The number of nitrogens with one attached hydrogen (secondary N) is 1. The van der Waals surface area contributed by atoms with Crippen molar-refractivity contribution < 1.29 is 13.2 Å². The lowest BCUT2D eigenvalue weighted by molar-refractivity contribution is -0.120. The first-order chi connectivity index (χ1) is 9.75. The van der Waals surface area contributed by atoms with Crippen LogP contribution in [-0.4, -0.2) is 47.1 Å². The lowest BCUT2D eigenvalue weighted by Crippen LogP contribution is -2.39. The first-order valence-electron chi connectivity index (χ1n) is 6.75. The van der Waals surface area contributed by atoms with Gasteiger partial charge in [0, 0.05) is 11.7 Å². The largest absolute Gasteiger partial charge is 0.351 e. The van der Waals surface area contributed by atoms with Gasteiger partial charge in [0.1, 0.15) is 10.9 Å². The Morgan fingerprint density at radius 1 is 1.43 bits per heavy atom. The van der Waals surface area contributed by atoms with Crippen LogP contribution in [0.2, 0.25) is 0 Å². The van der Waals surface area contributed by atoms with E-state index in [2.05, 4.69) is 15.3 Å². The third kappa shape index (κ3) is 4.67. The number of rotatable bonds is 4. The van der Waals surface area contributed by atoms with Gasteiger partial charge in [0.25, 0.3) is 0 Å². The number of nitrogens with zero attached hydrogens (tertiary/aromatic N) is 2. The highest BCUT2D eigenvalue weighted by atomic mass is 32.2. The minimum absolute atomic E-state index is 0.0435. The number of thioether (sulfide) groups is 1. The second-order valence-corrected chi connectivity index (χ2v) is 8.85. The topological polar surface area (TPSA) is 89.0 Å². The summed E-state index contributed by atoms with van der Waals surface area (Å²) in [4.78, 5) is 20.6. The van der Waals surface area contributed by atoms with Crippen LogP contribution in [0.15, 0.2) is 11.1 Å². The molecule has 2 rings (SSSR count). The number of carbonyl (C=O) groups is 1. The van der Waals surface area contributed by atoms with E-state index >= 15 is 0 Å². The molecule has 0 aromatic carbocycles. The quantitative estimate of drug-likeness (QED) is 0.651. The zero-order chi connectivity index (χ0) is 15.6. The molecule has 0 spiro atoms. The van der Waals surface area contributed by atoms with E-state index in [0.29, 0.717) is 12.2 Å². The second-order valence-electron chi connectivity index (χ2n) is 5.26. The molecule has 2 unspecified atom stereocenters. The molecule has 1 aliphatic heterocycles. The number of amides is 1. The van der Waals surface area contributed by atoms with Gasteiger partial charge >= 0.3 is 0 Å². The molecule has 1 amide bonds. The highest BCUT2D eigenvalue weighted by Gasteiger charge is 2.30. The maximum absolute atomic E-state index is 12.1. The monoisotopic (exact) mass is 329 g/mol. The molecule has 8 heteroatoms. The summed E-state index contributed by atoms with van der Waals surface area (Å²) < 4.78 is 22.8. The first kappa shape index (κ1) is 16.2. The first-order valence-corrected chi connectivity index (χ1v) is 9.45. The molecule has 1 aromatic rings. The average Bonchev–Trinajstić information content (AvgIpc) is 2.67. The van der Waals surface area contributed by atoms with Gasteiger partial charge in [0.2, 0.25) is 5.91 Å². The zero-order valence-corrected chi connectivity index (χ0v) is 13.9. The molecule has 1 saturated heterocycles. The molecule has 21 heavy (non-hydrogen) atoms. The number of hydrogen-bond donors (Lipinski definition) is 1. The minimum Gasteiger partial charge on any atom is -0.351 e. The van der Waals surface area contributed by atoms with Crippen molar-refractivity contribution in [1.29, 1.82) is 0 Å². The number of carbonyl (C=O) groups excluding carboxylic acids is 1. The Kier molecular flexibility index (Phi) is 4.88. The predicted molar refractivity (Wildman–Crippen MR) is 82.0 cm³/mol. The Balaban J connectivity index is 1.93. The van der Waals surface area contributed by atoms with Gasteiger partial charge in [-0.2, -0.15) is 0 Å². The second kappa shape index (κ2) is 6.31. The van der Waals surface area contributed by atoms with Gasteiger partial charge in [-0.1, -0.05) is 11.8 Å². The molecule has 1 aliphatic rings. The molecular weight excluding hydrogens is 310 g/mol. The van der Waals surface area contributed by atoms with Gasteiger partial charge in [0.05, 0.1) is 16.8 Å². The number of aromatic nitrogens is 2. The standard InChI is InChI=1S/C13H19N3O3S2/c1-8-6-12(15-10(3)14-8)20-9(2)13(17)16-11-4-5-21(18,19)7-11/h6,9,11H,4-5,7H2,1-3H3,(H,16,17). The van der Waals surface area contributed by atoms with Gasteiger partial charge < -0.3 is 5.32 Å². The molecule has 0 radical (unpaired) electrons. The Morgan fingerprint density at radius 3 is 2.71 bits per heavy atom. The third-order valence-electron chi connectivity index (χ3n) is 3.19. The van der Waals surface area contributed by atoms with Crippen LogP contribution in [0.25, 0.3) is 0 Å². The molecule has 2 heterocycles. The van der Waals surface area contributed by atoms with Crippen LogP contribution >= 0.6 is 11.8 Å². The van der Waals surface area contributed by atoms with Crippen LogP contribution in [0.1, 0.15) is 24.9 Å². The van der Waals surface area contributed by atoms with Crippen LogP contribution in [0.4, 0.5) is 0 Å². The SMILES string of the molecule is Cc1cc(SC(C)C(=O)NC2CCS(=O)(=O)C2)nc(C)n1. The van der Waals surface area contributed by atoms with Crippen molar-refractivity contribution in [3.05, 3.63) is 17.6 Å². The van der Waals surface area contributed by atoms with Crippen molar-refractivity contribution in [1.82, 2.24) is 15.3 Å². The molecule has 2 atom stereocenters. The highest BCUT2D eigenvalue weighted by Crippen LogP contribution is 2.22. The Hall–Kier alpha value is -1.15. The Morgan fingerprint density at radius 2 is 2.14 bits per heavy atom. The summed E-state index contributed by atoms with van der Waals surface area (Å²) >= 11 is 1.35. The van der Waals surface area contributed by atoms with E-state index in [1.165, 1.54) is 11.8 Å². The van der Waals surface area contributed by atoms with E-state index in [-0.39, 0.29) is 28.7 Å². The molecule has 1 aromatic heterocycles. The van der Waals surface area contributed by atoms with Gasteiger partial charge in [-0.25, -0.2) is 18.4 Å². The number of hydrogen-bond acceptors (Lipinski definition) is 6. The summed E-state index contributed by atoms with van der Waals surface area (Å²) in [6.07, 6.45) is 0.497. The number of aryl methyl sites for hydroxylation is 2. The van der Waals surface area contributed by atoms with E-state index in [1.54, 1.807) is 6.92 Å². The third-order valence-corrected chi connectivity index (χ3v) is 5.97. The normalized spacial score (nSPS) is 22.0. The Labute approximate surface area is 129 Å². The van der Waals surface area contributed by atoms with Crippen molar-refractivity contribution in [2.75, 3.05) is 11.5 Å². The molecule has 1 N–H and O–H groups in total. The van der Waals surface area contributed by atoms with Gasteiger partial charge in [0.15, 0.2) is 9.84 Å². The molecule has 116 valence electrons. The molecule has 1 fully saturated rings. The summed E-state index contributed by atoms with van der Waals surface area (Å²) in [6, 6.07) is 1.57. The predicted octanol–water partition coefficient (Wildman–Crippen LogP) is 0.877. The van der Waals surface area contributed by atoms with E-state index in [9.17, 15) is 13.2 Å². The molecule has 6 nitrogen and oxygen atoms in total. The summed E-state index contributed by atoms with van der Waals surface area (Å²) in [5.74, 6) is 0.717. The van der Waals surface area contributed by atoms with Crippen molar-refractivity contribution in [2.24, 2.45) is 0 Å². The van der Waals surface area contributed by atoms with Crippen molar-refractivity contribution >= 4 is 27.5 Å². The molecular formula is C13H19N3O3S2. The maximum Gasteiger partial charge on any atom is 0.233 e. The fourth-order valence-corrected chi connectivity index (χ4v) is 4.84. The summed E-state index contributed by atoms with van der Waals surface area (Å²) in [6.45, 7) is 5.48. The van der Waals surface area contributed by atoms with Crippen LogP contribution in [0, 0.1) is 13.8 Å². The maximum atomic E-state index is 12.1. The van der Waals surface area contributed by atoms with Gasteiger partial charge in [-0.05, 0) is 33.3 Å². The van der Waals surface area contributed by atoms with Crippen LogP contribution in [0.5, 0.6) is 0 Å². The van der Waals surface area contributed by atoms with Gasteiger partial charge in [-0.3, -0.25) is 4.79 Å². The smallest absolute Gasteiger partial charge is 0.233 e. The molecule has 0 saturated carbocycles. The van der Waals surface area contributed by atoms with Crippen molar-refractivity contribution in [3.8, 4) is 0 Å². The van der Waals surface area contributed by atoms with Crippen LogP contribution < -0.4 is 5.32 Å². The fourth-order valence-electron chi connectivity index (χ4n) is 2.21. The average molecular weight is 329 g/mol. The number of sulfone groups is 1. The van der Waals surface area contributed by atoms with Crippen LogP contribution in [-0.2, 0) is 14.6 Å². The summed E-state index contributed by atoms with van der Waals surface area (Å²) in [5.41, 5.74) is 0.861.